The fourth-order valence-electron chi connectivity index (χ4n) is 2.32. The molecule has 0 fully saturated rings. The van der Waals surface area contributed by atoms with Crippen molar-refractivity contribution in [3.05, 3.63) is 23.4 Å². The van der Waals surface area contributed by atoms with Crippen molar-refractivity contribution in [1.29, 1.82) is 0 Å². The van der Waals surface area contributed by atoms with Crippen LogP contribution in [0, 0.1) is 6.92 Å². The number of aryl methyl sites for hydroxylation is 1. The van der Waals surface area contributed by atoms with Gasteiger partial charge in [0, 0.05) is 18.1 Å². The van der Waals surface area contributed by atoms with Crippen LogP contribution in [-0.2, 0) is 13.5 Å². The molecule has 0 unspecified atom stereocenters. The van der Waals surface area contributed by atoms with E-state index in [1.807, 2.05) is 20.0 Å². The SMILES string of the molecule is COc1ccc2c(c1O)c(CCN)c(C)n2C. The van der Waals surface area contributed by atoms with Crippen LogP contribution in [-0.4, -0.2) is 23.3 Å². The van der Waals surface area contributed by atoms with E-state index < -0.39 is 0 Å². The molecule has 0 saturated carbocycles. The summed E-state index contributed by atoms with van der Waals surface area (Å²) in [6.07, 6.45) is 0.754. The van der Waals surface area contributed by atoms with E-state index in [2.05, 4.69) is 4.57 Å². The number of hydrogen-bond donors (Lipinski definition) is 2. The van der Waals surface area contributed by atoms with Gasteiger partial charge < -0.3 is 20.1 Å². The highest BCUT2D eigenvalue weighted by Crippen LogP contribution is 2.38. The van der Waals surface area contributed by atoms with E-state index in [-0.39, 0.29) is 5.75 Å². The first-order valence-electron chi connectivity index (χ1n) is 5.65. The summed E-state index contributed by atoms with van der Waals surface area (Å²) >= 11 is 0. The smallest absolute Gasteiger partial charge is 0.167 e. The van der Waals surface area contributed by atoms with Crippen molar-refractivity contribution in [3.63, 3.8) is 0 Å². The monoisotopic (exact) mass is 234 g/mol. The van der Waals surface area contributed by atoms with Gasteiger partial charge in [0.05, 0.1) is 12.6 Å². The topological polar surface area (TPSA) is 60.4 Å². The van der Waals surface area contributed by atoms with E-state index in [1.54, 1.807) is 13.2 Å². The molecule has 0 radical (unpaired) electrons. The quantitative estimate of drug-likeness (QED) is 0.849. The maximum Gasteiger partial charge on any atom is 0.167 e. The molecule has 0 aliphatic rings. The molecule has 1 heterocycles. The van der Waals surface area contributed by atoms with Gasteiger partial charge in [0.15, 0.2) is 11.5 Å². The minimum Gasteiger partial charge on any atom is -0.504 e. The van der Waals surface area contributed by atoms with Crippen molar-refractivity contribution >= 4 is 10.9 Å². The highest BCUT2D eigenvalue weighted by Gasteiger charge is 2.17. The number of phenolic OH excluding ortho intramolecular Hbond substituents is 1. The summed E-state index contributed by atoms with van der Waals surface area (Å²) in [6.45, 7) is 2.60. The first-order valence-corrected chi connectivity index (χ1v) is 5.65. The number of hydrogen-bond acceptors (Lipinski definition) is 3. The minimum absolute atomic E-state index is 0.206. The number of nitrogens with two attached hydrogens (primary N) is 1. The minimum atomic E-state index is 0.206. The number of aromatic hydroxyl groups is 1. The summed E-state index contributed by atoms with van der Waals surface area (Å²) in [5, 5.41) is 11.1. The van der Waals surface area contributed by atoms with E-state index in [1.165, 1.54) is 0 Å². The van der Waals surface area contributed by atoms with Crippen LogP contribution in [0.2, 0.25) is 0 Å². The molecule has 1 aromatic carbocycles. The standard InChI is InChI=1S/C13H18N2O2/c1-8-9(6-7-14)12-10(15(8)2)4-5-11(17-3)13(12)16/h4-5,16H,6-7,14H2,1-3H3. The highest BCUT2D eigenvalue weighted by atomic mass is 16.5. The van der Waals surface area contributed by atoms with Crippen LogP contribution >= 0.6 is 0 Å². The third-order valence-corrected chi connectivity index (χ3v) is 3.34. The molecule has 1 aromatic heterocycles. The summed E-state index contributed by atoms with van der Waals surface area (Å²) in [5.74, 6) is 0.707. The summed E-state index contributed by atoms with van der Waals surface area (Å²) in [6, 6.07) is 3.74. The third kappa shape index (κ3) is 1.65. The predicted molar refractivity (Wildman–Crippen MR) is 68.6 cm³/mol. The van der Waals surface area contributed by atoms with Gasteiger partial charge in [0.1, 0.15) is 0 Å². The molecular formula is C13H18N2O2. The number of ether oxygens (including phenoxy) is 1. The lowest BCUT2D eigenvalue weighted by Gasteiger charge is -2.06. The average molecular weight is 234 g/mol. The average Bonchev–Trinajstić information content (AvgIpc) is 2.56. The first kappa shape index (κ1) is 11.8. The van der Waals surface area contributed by atoms with Crippen LogP contribution in [0.3, 0.4) is 0 Å². The normalized spacial score (nSPS) is 11.1. The van der Waals surface area contributed by atoms with Crippen LogP contribution in [0.1, 0.15) is 11.3 Å². The lowest BCUT2D eigenvalue weighted by molar-refractivity contribution is 0.376. The summed E-state index contributed by atoms with van der Waals surface area (Å²) < 4.78 is 7.21. The number of aromatic nitrogens is 1. The van der Waals surface area contributed by atoms with Gasteiger partial charge in [-0.25, -0.2) is 0 Å². The Morgan fingerprint density at radius 1 is 1.41 bits per heavy atom. The Morgan fingerprint density at radius 3 is 2.71 bits per heavy atom. The van der Waals surface area contributed by atoms with Gasteiger partial charge in [-0.3, -0.25) is 0 Å². The second kappa shape index (κ2) is 4.30. The maximum absolute atomic E-state index is 10.2. The molecule has 0 aliphatic heterocycles. The number of nitrogens with zero attached hydrogens (tertiary/aromatic N) is 1. The zero-order valence-electron chi connectivity index (χ0n) is 10.4. The number of phenols is 1. The second-order valence-electron chi connectivity index (χ2n) is 4.17. The third-order valence-electron chi connectivity index (χ3n) is 3.34. The van der Waals surface area contributed by atoms with Crippen LogP contribution in [0.15, 0.2) is 12.1 Å². The number of methoxy groups -OCH3 is 1. The summed E-state index contributed by atoms with van der Waals surface area (Å²) in [4.78, 5) is 0. The summed E-state index contributed by atoms with van der Waals surface area (Å²) in [5.41, 5.74) is 8.86. The molecule has 0 saturated heterocycles. The van der Waals surface area contributed by atoms with Gasteiger partial charge in [0.25, 0.3) is 0 Å². The Kier molecular flexibility index (Phi) is 2.98. The van der Waals surface area contributed by atoms with E-state index >= 15 is 0 Å². The molecule has 0 bridgehead atoms. The van der Waals surface area contributed by atoms with Crippen LogP contribution in [0.5, 0.6) is 11.5 Å². The zero-order chi connectivity index (χ0) is 12.6. The zero-order valence-corrected chi connectivity index (χ0v) is 10.4. The van der Waals surface area contributed by atoms with Crippen molar-refractivity contribution in [1.82, 2.24) is 4.57 Å². The Morgan fingerprint density at radius 2 is 2.12 bits per heavy atom. The summed E-state index contributed by atoms with van der Waals surface area (Å²) in [7, 11) is 3.54. The molecule has 4 heteroatoms. The number of benzene rings is 1. The second-order valence-corrected chi connectivity index (χ2v) is 4.17. The fraction of sp³-hybridized carbons (Fsp3) is 0.385. The molecule has 2 aromatic rings. The molecule has 2 rings (SSSR count). The van der Waals surface area contributed by atoms with E-state index in [4.69, 9.17) is 10.5 Å². The molecule has 3 N–H and O–H groups in total. The van der Waals surface area contributed by atoms with Gasteiger partial charge >= 0.3 is 0 Å². The van der Waals surface area contributed by atoms with Crippen molar-refractivity contribution in [3.8, 4) is 11.5 Å². The van der Waals surface area contributed by atoms with Gasteiger partial charge in [-0.1, -0.05) is 0 Å². The number of fused-ring (bicyclic) bond motifs is 1. The van der Waals surface area contributed by atoms with Gasteiger partial charge in [-0.15, -0.1) is 0 Å². The van der Waals surface area contributed by atoms with E-state index in [9.17, 15) is 5.11 Å². The molecule has 0 spiro atoms. The largest absolute Gasteiger partial charge is 0.504 e. The Hall–Kier alpha value is -1.68. The maximum atomic E-state index is 10.2. The molecule has 92 valence electrons. The molecule has 0 atom stereocenters. The molecule has 4 nitrogen and oxygen atoms in total. The molecular weight excluding hydrogens is 216 g/mol. The lowest BCUT2D eigenvalue weighted by atomic mass is 10.1. The van der Waals surface area contributed by atoms with Crippen molar-refractivity contribution in [2.75, 3.05) is 13.7 Å². The van der Waals surface area contributed by atoms with Crippen LogP contribution in [0.4, 0.5) is 0 Å². The fourth-order valence-corrected chi connectivity index (χ4v) is 2.32. The molecule has 17 heavy (non-hydrogen) atoms. The Bertz CT molecular complexity index is 558. The van der Waals surface area contributed by atoms with Crippen LogP contribution in [0.25, 0.3) is 10.9 Å². The highest BCUT2D eigenvalue weighted by molar-refractivity contribution is 5.93. The Labute approximate surface area is 101 Å². The van der Waals surface area contributed by atoms with Crippen molar-refractivity contribution < 1.29 is 9.84 Å². The van der Waals surface area contributed by atoms with Crippen LogP contribution < -0.4 is 10.5 Å². The van der Waals surface area contributed by atoms with Gasteiger partial charge in [0.2, 0.25) is 0 Å². The van der Waals surface area contributed by atoms with Crippen molar-refractivity contribution in [2.45, 2.75) is 13.3 Å². The van der Waals surface area contributed by atoms with Gasteiger partial charge in [-0.05, 0) is 37.6 Å². The van der Waals surface area contributed by atoms with E-state index in [0.29, 0.717) is 12.3 Å². The molecule has 0 aliphatic carbocycles. The Balaban J connectivity index is 2.82. The van der Waals surface area contributed by atoms with Gasteiger partial charge in [-0.2, -0.15) is 0 Å². The number of rotatable bonds is 3. The van der Waals surface area contributed by atoms with Crippen molar-refractivity contribution in [2.24, 2.45) is 12.8 Å². The van der Waals surface area contributed by atoms with E-state index in [0.717, 1.165) is 28.6 Å². The lowest BCUT2D eigenvalue weighted by Crippen LogP contribution is -2.04. The molecule has 0 amide bonds. The first-order chi connectivity index (χ1) is 8.11. The predicted octanol–water partition coefficient (Wildman–Crippen LogP) is 1.70.